The number of benzene rings is 2. The minimum atomic E-state index is -3.50. The maximum atomic E-state index is 12.8. The van der Waals surface area contributed by atoms with Crippen molar-refractivity contribution in [2.24, 2.45) is 0 Å². The highest BCUT2D eigenvalue weighted by Gasteiger charge is 2.25. The Morgan fingerprint density at radius 1 is 0.963 bits per heavy atom. The molecule has 1 N–H and O–H groups in total. The number of amides is 1. The van der Waals surface area contributed by atoms with Gasteiger partial charge in [-0.25, -0.2) is 8.42 Å². The molecule has 0 spiro atoms. The molecule has 3 rings (SSSR count). The van der Waals surface area contributed by atoms with Crippen molar-refractivity contribution in [3.8, 4) is 0 Å². The summed E-state index contributed by atoms with van der Waals surface area (Å²) in [6, 6.07) is 13.9. The number of carbonyl (C=O) groups excluding carboxylic acids is 1. The van der Waals surface area contributed by atoms with Gasteiger partial charge in [0, 0.05) is 24.3 Å². The smallest absolute Gasteiger partial charge is 0.255 e. The van der Waals surface area contributed by atoms with Crippen molar-refractivity contribution < 1.29 is 13.2 Å². The van der Waals surface area contributed by atoms with Gasteiger partial charge in [0.1, 0.15) is 0 Å². The fourth-order valence-corrected chi connectivity index (χ4v) is 4.87. The topological polar surface area (TPSA) is 66.5 Å². The summed E-state index contributed by atoms with van der Waals surface area (Å²) in [5.41, 5.74) is 2.29. The number of carbonyl (C=O) groups is 1. The molecule has 144 valence electrons. The zero-order valence-corrected chi connectivity index (χ0v) is 16.5. The first-order valence-corrected chi connectivity index (χ1v) is 11.0. The van der Waals surface area contributed by atoms with Crippen LogP contribution in [-0.4, -0.2) is 31.7 Å². The predicted molar refractivity (Wildman–Crippen MR) is 107 cm³/mol. The van der Waals surface area contributed by atoms with Crippen LogP contribution >= 0.6 is 0 Å². The van der Waals surface area contributed by atoms with Crippen molar-refractivity contribution in [1.29, 1.82) is 0 Å². The predicted octanol–water partition coefficient (Wildman–Crippen LogP) is 4.07. The van der Waals surface area contributed by atoms with Gasteiger partial charge in [-0.1, -0.05) is 38.0 Å². The van der Waals surface area contributed by atoms with Gasteiger partial charge in [0.2, 0.25) is 10.0 Å². The first-order chi connectivity index (χ1) is 13.0. The maximum Gasteiger partial charge on any atom is 0.255 e. The van der Waals surface area contributed by atoms with Gasteiger partial charge in [0.05, 0.1) is 4.90 Å². The van der Waals surface area contributed by atoms with Gasteiger partial charge in [-0.05, 0) is 55.2 Å². The van der Waals surface area contributed by atoms with Gasteiger partial charge in [-0.15, -0.1) is 0 Å². The van der Waals surface area contributed by atoms with E-state index in [0.29, 0.717) is 18.7 Å². The fraction of sp³-hybridized carbons (Fsp3) is 0.381. The summed E-state index contributed by atoms with van der Waals surface area (Å²) < 4.78 is 27.2. The lowest BCUT2D eigenvalue weighted by molar-refractivity contribution is 0.102. The number of para-hydroxylation sites is 1. The number of rotatable bonds is 5. The molecular weight excluding hydrogens is 360 g/mol. The van der Waals surface area contributed by atoms with Crippen molar-refractivity contribution in [3.63, 3.8) is 0 Å². The van der Waals surface area contributed by atoms with E-state index < -0.39 is 10.0 Å². The van der Waals surface area contributed by atoms with Crippen LogP contribution in [0.5, 0.6) is 0 Å². The molecule has 27 heavy (non-hydrogen) atoms. The molecule has 1 amide bonds. The molecule has 0 atom stereocenters. The minimum Gasteiger partial charge on any atom is -0.322 e. The van der Waals surface area contributed by atoms with Crippen LogP contribution in [0.25, 0.3) is 0 Å². The van der Waals surface area contributed by atoms with Gasteiger partial charge in [0.15, 0.2) is 0 Å². The molecule has 6 heteroatoms. The Balaban J connectivity index is 1.75. The molecule has 1 heterocycles. The Hall–Kier alpha value is -2.18. The van der Waals surface area contributed by atoms with Crippen molar-refractivity contribution in [3.05, 3.63) is 59.7 Å². The maximum absolute atomic E-state index is 12.8. The van der Waals surface area contributed by atoms with Crippen molar-refractivity contribution in [1.82, 2.24) is 4.31 Å². The number of nitrogens with zero attached hydrogens (tertiary/aromatic N) is 1. The van der Waals surface area contributed by atoms with Gasteiger partial charge in [0.25, 0.3) is 5.91 Å². The van der Waals surface area contributed by atoms with Crippen LogP contribution in [0, 0.1) is 0 Å². The molecule has 0 unspecified atom stereocenters. The minimum absolute atomic E-state index is 0.241. The van der Waals surface area contributed by atoms with E-state index in [1.54, 1.807) is 16.4 Å². The zero-order chi connectivity index (χ0) is 19.3. The largest absolute Gasteiger partial charge is 0.322 e. The molecule has 5 nitrogen and oxygen atoms in total. The quantitative estimate of drug-likeness (QED) is 0.842. The van der Waals surface area contributed by atoms with Crippen LogP contribution in [0.3, 0.4) is 0 Å². The number of anilines is 1. The normalized spacial score (nSPS) is 15.9. The Labute approximate surface area is 161 Å². The Bertz CT molecular complexity index is 884. The molecule has 1 aliphatic heterocycles. The average Bonchev–Trinajstić information content (AvgIpc) is 2.98. The van der Waals surface area contributed by atoms with E-state index in [0.717, 1.165) is 43.4 Å². The summed E-state index contributed by atoms with van der Waals surface area (Å²) >= 11 is 0. The van der Waals surface area contributed by atoms with Gasteiger partial charge < -0.3 is 5.32 Å². The van der Waals surface area contributed by atoms with Gasteiger partial charge >= 0.3 is 0 Å². The van der Waals surface area contributed by atoms with E-state index in [1.807, 2.05) is 31.2 Å². The third-order valence-corrected chi connectivity index (χ3v) is 6.88. The molecule has 0 saturated carbocycles. The molecule has 1 fully saturated rings. The second-order valence-electron chi connectivity index (χ2n) is 6.81. The molecule has 1 saturated heterocycles. The third-order valence-electron chi connectivity index (χ3n) is 4.97. The van der Waals surface area contributed by atoms with E-state index in [2.05, 4.69) is 5.32 Å². The Morgan fingerprint density at radius 2 is 1.59 bits per heavy atom. The van der Waals surface area contributed by atoms with E-state index in [1.165, 1.54) is 12.1 Å². The lowest BCUT2D eigenvalue weighted by atomic mass is 10.1. The molecule has 0 aromatic heterocycles. The van der Waals surface area contributed by atoms with Crippen LogP contribution in [0.4, 0.5) is 5.69 Å². The zero-order valence-electron chi connectivity index (χ0n) is 15.6. The first kappa shape index (κ1) is 19.6. The highest BCUT2D eigenvalue weighted by molar-refractivity contribution is 7.89. The highest BCUT2D eigenvalue weighted by atomic mass is 32.2. The van der Waals surface area contributed by atoms with E-state index >= 15 is 0 Å². The number of hydrogen-bond donors (Lipinski definition) is 1. The van der Waals surface area contributed by atoms with Gasteiger partial charge in [-0.3, -0.25) is 4.79 Å². The number of hydrogen-bond acceptors (Lipinski definition) is 3. The van der Waals surface area contributed by atoms with Crippen LogP contribution in [0.2, 0.25) is 0 Å². The standard InChI is InChI=1S/C21H26N2O3S/c1-2-17-9-5-6-10-20(17)22-21(24)18-11-13-19(14-12-18)27(25,26)23-15-7-3-4-8-16-23/h5-6,9-14H,2-4,7-8,15-16H2,1H3,(H,22,24). The van der Waals surface area contributed by atoms with Crippen molar-refractivity contribution >= 4 is 21.6 Å². The highest BCUT2D eigenvalue weighted by Crippen LogP contribution is 2.21. The van der Waals surface area contributed by atoms with Crippen LogP contribution in [0.15, 0.2) is 53.4 Å². The van der Waals surface area contributed by atoms with Gasteiger partial charge in [-0.2, -0.15) is 4.31 Å². The molecule has 1 aliphatic rings. The van der Waals surface area contributed by atoms with Crippen molar-refractivity contribution in [2.75, 3.05) is 18.4 Å². The number of nitrogens with one attached hydrogen (secondary N) is 1. The van der Waals surface area contributed by atoms with E-state index in [4.69, 9.17) is 0 Å². The molecular formula is C21H26N2O3S. The first-order valence-electron chi connectivity index (χ1n) is 9.52. The van der Waals surface area contributed by atoms with E-state index in [9.17, 15) is 13.2 Å². The molecule has 0 aliphatic carbocycles. The molecule has 0 bridgehead atoms. The summed E-state index contributed by atoms with van der Waals surface area (Å²) in [7, 11) is -3.50. The lowest BCUT2D eigenvalue weighted by Gasteiger charge is -2.20. The molecule has 2 aromatic carbocycles. The Kier molecular flexibility index (Phi) is 6.29. The van der Waals surface area contributed by atoms with Crippen molar-refractivity contribution in [2.45, 2.75) is 43.9 Å². The summed E-state index contributed by atoms with van der Waals surface area (Å²) in [6.45, 7) is 3.17. The second kappa shape index (κ2) is 8.67. The third kappa shape index (κ3) is 4.57. The lowest BCUT2D eigenvalue weighted by Crippen LogP contribution is -2.31. The SMILES string of the molecule is CCc1ccccc1NC(=O)c1ccc(S(=O)(=O)N2CCCCCC2)cc1. The monoisotopic (exact) mass is 386 g/mol. The fourth-order valence-electron chi connectivity index (χ4n) is 3.35. The summed E-state index contributed by atoms with van der Waals surface area (Å²) in [6.07, 6.45) is 4.77. The molecule has 2 aromatic rings. The second-order valence-corrected chi connectivity index (χ2v) is 8.75. The number of aryl methyl sites for hydroxylation is 1. The summed E-state index contributed by atoms with van der Waals surface area (Å²) in [4.78, 5) is 12.8. The Morgan fingerprint density at radius 3 is 2.22 bits per heavy atom. The average molecular weight is 387 g/mol. The van der Waals surface area contributed by atoms with Crippen LogP contribution in [0.1, 0.15) is 48.5 Å². The summed E-state index contributed by atoms with van der Waals surface area (Å²) in [5.74, 6) is -0.241. The summed E-state index contributed by atoms with van der Waals surface area (Å²) in [5, 5.41) is 2.91. The number of sulfonamides is 1. The molecule has 0 radical (unpaired) electrons. The van der Waals surface area contributed by atoms with Crippen LogP contribution in [-0.2, 0) is 16.4 Å². The van der Waals surface area contributed by atoms with Crippen LogP contribution < -0.4 is 5.32 Å². The van der Waals surface area contributed by atoms with E-state index in [-0.39, 0.29) is 10.8 Å².